The fraction of sp³-hybridized carbons (Fsp3) is 0.429. The molecule has 0 radical (unpaired) electrons. The van der Waals surface area contributed by atoms with Crippen molar-refractivity contribution in [3.05, 3.63) is 34.9 Å². The predicted octanol–water partition coefficient (Wildman–Crippen LogP) is 1.93. The first-order valence-corrected chi connectivity index (χ1v) is 8.57. The van der Waals surface area contributed by atoms with Gasteiger partial charge in [0.1, 0.15) is 0 Å². The van der Waals surface area contributed by atoms with E-state index in [4.69, 9.17) is 22.1 Å². The number of nitrogens with zero attached hydrogens (tertiary/aromatic N) is 2. The molecule has 1 aromatic rings. The van der Waals surface area contributed by atoms with E-state index in [2.05, 4.69) is 6.58 Å². The average Bonchev–Trinajstić information content (AvgIpc) is 2.46. The molecule has 1 heterocycles. The molecule has 0 saturated carbocycles. The number of methoxy groups -OCH3 is 1. The van der Waals surface area contributed by atoms with Gasteiger partial charge in [0, 0.05) is 25.2 Å². The molecule has 122 valence electrons. The smallest absolute Gasteiger partial charge is 0.304 e. The summed E-state index contributed by atoms with van der Waals surface area (Å²) in [5.41, 5.74) is 8.46. The van der Waals surface area contributed by atoms with E-state index in [9.17, 15) is 8.42 Å². The van der Waals surface area contributed by atoms with E-state index in [1.165, 1.54) is 21.8 Å². The van der Waals surface area contributed by atoms with Gasteiger partial charge in [-0.25, -0.2) is 0 Å². The van der Waals surface area contributed by atoms with Crippen molar-refractivity contribution in [1.29, 1.82) is 0 Å². The zero-order valence-electron chi connectivity index (χ0n) is 12.7. The fourth-order valence-corrected chi connectivity index (χ4v) is 4.30. The molecular formula is C14H20ClN3O3S. The summed E-state index contributed by atoms with van der Waals surface area (Å²) in [6, 6.07) is 1.77. The molecular weight excluding hydrogens is 326 g/mol. The maximum absolute atomic E-state index is 12.8. The quantitative estimate of drug-likeness (QED) is 0.653. The van der Waals surface area contributed by atoms with Crippen LogP contribution in [0.2, 0.25) is 5.02 Å². The van der Waals surface area contributed by atoms with Crippen molar-refractivity contribution in [2.75, 3.05) is 36.8 Å². The van der Waals surface area contributed by atoms with Crippen LogP contribution in [0.15, 0.2) is 18.7 Å². The molecule has 0 saturated heterocycles. The lowest BCUT2D eigenvalue weighted by Crippen LogP contribution is -2.49. The van der Waals surface area contributed by atoms with Gasteiger partial charge in [0.25, 0.3) is 0 Å². The number of ether oxygens (including phenoxy) is 1. The van der Waals surface area contributed by atoms with Crippen LogP contribution in [-0.2, 0) is 21.5 Å². The van der Waals surface area contributed by atoms with Crippen LogP contribution in [0.3, 0.4) is 0 Å². The SMILES string of the molecule is C=CCN1c2c(cc(Cl)c(C)c2N)CN(CCOC)S1(=O)=O. The van der Waals surface area contributed by atoms with E-state index in [-0.39, 0.29) is 19.6 Å². The Kier molecular flexibility index (Phi) is 5.01. The molecule has 0 amide bonds. The van der Waals surface area contributed by atoms with Gasteiger partial charge in [-0.15, -0.1) is 6.58 Å². The second kappa shape index (κ2) is 6.45. The normalized spacial score (nSPS) is 17.3. The lowest BCUT2D eigenvalue weighted by atomic mass is 10.1. The lowest BCUT2D eigenvalue weighted by molar-refractivity contribution is 0.177. The molecule has 0 atom stereocenters. The molecule has 0 aliphatic carbocycles. The summed E-state index contributed by atoms with van der Waals surface area (Å²) in [7, 11) is -2.14. The van der Waals surface area contributed by atoms with Gasteiger partial charge in [-0.2, -0.15) is 12.7 Å². The predicted molar refractivity (Wildman–Crippen MR) is 89.4 cm³/mol. The molecule has 1 aliphatic heterocycles. The number of benzene rings is 1. The Hall–Kier alpha value is -1.28. The highest BCUT2D eigenvalue weighted by Crippen LogP contribution is 2.41. The molecule has 22 heavy (non-hydrogen) atoms. The summed E-state index contributed by atoms with van der Waals surface area (Å²) in [6.45, 7) is 6.34. The van der Waals surface area contributed by atoms with E-state index < -0.39 is 10.2 Å². The van der Waals surface area contributed by atoms with Crippen molar-refractivity contribution < 1.29 is 13.2 Å². The zero-order valence-corrected chi connectivity index (χ0v) is 14.2. The van der Waals surface area contributed by atoms with Crippen LogP contribution < -0.4 is 10.0 Å². The minimum absolute atomic E-state index is 0.143. The number of hydrogen-bond acceptors (Lipinski definition) is 4. The number of fused-ring (bicyclic) bond motifs is 1. The highest BCUT2D eigenvalue weighted by atomic mass is 35.5. The third-order valence-electron chi connectivity index (χ3n) is 3.66. The summed E-state index contributed by atoms with van der Waals surface area (Å²) in [5.74, 6) is 0. The van der Waals surface area contributed by atoms with Gasteiger partial charge in [0.2, 0.25) is 0 Å². The Labute approximate surface area is 136 Å². The van der Waals surface area contributed by atoms with Gasteiger partial charge < -0.3 is 10.5 Å². The molecule has 2 rings (SSSR count). The van der Waals surface area contributed by atoms with E-state index in [1.807, 2.05) is 0 Å². The number of nitrogens with two attached hydrogens (primary N) is 1. The topological polar surface area (TPSA) is 75.9 Å². The van der Waals surface area contributed by atoms with Crippen molar-refractivity contribution in [2.45, 2.75) is 13.5 Å². The van der Waals surface area contributed by atoms with Gasteiger partial charge in [-0.1, -0.05) is 17.7 Å². The van der Waals surface area contributed by atoms with Crippen LogP contribution in [0.25, 0.3) is 0 Å². The summed E-state index contributed by atoms with van der Waals surface area (Å²) in [4.78, 5) is 0. The van der Waals surface area contributed by atoms with E-state index in [1.54, 1.807) is 13.0 Å². The monoisotopic (exact) mass is 345 g/mol. The van der Waals surface area contributed by atoms with Crippen LogP contribution >= 0.6 is 11.6 Å². The summed E-state index contributed by atoms with van der Waals surface area (Å²) < 4.78 is 33.2. The minimum atomic E-state index is -3.67. The molecule has 1 aromatic carbocycles. The van der Waals surface area contributed by atoms with Crippen LogP contribution in [0.4, 0.5) is 11.4 Å². The highest BCUT2D eigenvalue weighted by molar-refractivity contribution is 7.90. The van der Waals surface area contributed by atoms with Crippen molar-refractivity contribution >= 4 is 33.2 Å². The summed E-state index contributed by atoms with van der Waals surface area (Å²) in [6.07, 6.45) is 1.53. The maximum Gasteiger partial charge on any atom is 0.304 e. The number of hydrogen-bond donors (Lipinski definition) is 1. The van der Waals surface area contributed by atoms with Crippen molar-refractivity contribution in [2.24, 2.45) is 0 Å². The molecule has 0 bridgehead atoms. The molecule has 0 unspecified atom stereocenters. The lowest BCUT2D eigenvalue weighted by Gasteiger charge is -2.38. The van der Waals surface area contributed by atoms with Crippen molar-refractivity contribution in [1.82, 2.24) is 4.31 Å². The first-order valence-electron chi connectivity index (χ1n) is 6.79. The molecule has 6 nitrogen and oxygen atoms in total. The van der Waals surface area contributed by atoms with E-state index >= 15 is 0 Å². The first-order chi connectivity index (χ1) is 10.3. The van der Waals surface area contributed by atoms with E-state index in [0.717, 1.165) is 5.56 Å². The number of halogens is 1. The number of anilines is 2. The van der Waals surface area contributed by atoms with Gasteiger partial charge >= 0.3 is 10.2 Å². The Morgan fingerprint density at radius 3 is 2.82 bits per heavy atom. The molecule has 1 aliphatic rings. The Morgan fingerprint density at radius 1 is 1.55 bits per heavy atom. The van der Waals surface area contributed by atoms with Gasteiger partial charge in [-0.3, -0.25) is 4.31 Å². The molecule has 2 N–H and O–H groups in total. The number of rotatable bonds is 5. The summed E-state index contributed by atoms with van der Waals surface area (Å²) >= 11 is 6.19. The third kappa shape index (κ3) is 2.81. The molecule has 0 aromatic heterocycles. The highest BCUT2D eigenvalue weighted by Gasteiger charge is 2.37. The summed E-state index contributed by atoms with van der Waals surface area (Å²) in [5, 5.41) is 0.529. The van der Waals surface area contributed by atoms with E-state index in [0.29, 0.717) is 28.6 Å². The largest absolute Gasteiger partial charge is 0.397 e. The van der Waals surface area contributed by atoms with Gasteiger partial charge in [-0.05, 0) is 24.1 Å². The van der Waals surface area contributed by atoms with Crippen molar-refractivity contribution in [3.63, 3.8) is 0 Å². The maximum atomic E-state index is 12.8. The zero-order chi connectivity index (χ0) is 16.5. The van der Waals surface area contributed by atoms with Crippen LogP contribution in [-0.4, -0.2) is 39.5 Å². The van der Waals surface area contributed by atoms with Gasteiger partial charge in [0.05, 0.1) is 24.5 Å². The Bertz CT molecular complexity index is 691. The Balaban J connectivity index is 2.61. The molecule has 0 spiro atoms. The third-order valence-corrected chi connectivity index (χ3v) is 5.91. The molecule has 0 fully saturated rings. The fourth-order valence-electron chi connectivity index (χ4n) is 2.44. The molecule has 8 heteroatoms. The van der Waals surface area contributed by atoms with Crippen LogP contribution in [0.5, 0.6) is 0 Å². The van der Waals surface area contributed by atoms with Crippen molar-refractivity contribution in [3.8, 4) is 0 Å². The second-order valence-electron chi connectivity index (χ2n) is 5.06. The average molecular weight is 346 g/mol. The first kappa shape index (κ1) is 17.1. The Morgan fingerprint density at radius 2 is 2.23 bits per heavy atom. The van der Waals surface area contributed by atoms with Crippen LogP contribution in [0, 0.1) is 6.92 Å². The number of nitrogen functional groups attached to an aromatic ring is 1. The standard InChI is InChI=1S/C14H20ClN3O3S/c1-4-5-18-14-11(8-12(15)10(2)13(14)16)9-17(6-7-21-3)22(18,19)20/h4,8H,1,5-7,9,16H2,2-3H3. The minimum Gasteiger partial charge on any atom is -0.397 e. The van der Waals surface area contributed by atoms with Crippen LogP contribution in [0.1, 0.15) is 11.1 Å². The second-order valence-corrected chi connectivity index (χ2v) is 7.32. The van der Waals surface area contributed by atoms with Gasteiger partial charge in [0.15, 0.2) is 0 Å².